The molecule has 0 fully saturated rings. The van der Waals surface area contributed by atoms with Crippen LogP contribution in [0.2, 0.25) is 10.0 Å². The van der Waals surface area contributed by atoms with Gasteiger partial charge in [0.15, 0.2) is 0 Å². The highest BCUT2D eigenvalue weighted by Gasteiger charge is 2.34. The fourth-order valence-electron chi connectivity index (χ4n) is 4.23. The standard InChI is InChI=1S/C30H35Cl2N3O5S/c1-30(2,3)33-29(37)27(17-21-10-7-6-8-11-21)34(19-22-12-9-13-24(16-22)40-4)28(36)20-35(41(5,38)39)23-14-15-25(31)26(32)18-23/h6-16,18,27H,17,19-20H2,1-5H3,(H,33,37)/t27-/m1/s1. The third-order valence-corrected chi connectivity index (χ3v) is 8.01. The minimum Gasteiger partial charge on any atom is -0.497 e. The maximum Gasteiger partial charge on any atom is 0.244 e. The van der Waals surface area contributed by atoms with Gasteiger partial charge in [0, 0.05) is 18.5 Å². The van der Waals surface area contributed by atoms with Crippen molar-refractivity contribution in [3.8, 4) is 5.75 Å². The molecule has 3 aromatic carbocycles. The molecule has 1 N–H and O–H groups in total. The van der Waals surface area contributed by atoms with Gasteiger partial charge in [-0.25, -0.2) is 8.42 Å². The van der Waals surface area contributed by atoms with Crippen LogP contribution < -0.4 is 14.4 Å². The zero-order valence-electron chi connectivity index (χ0n) is 23.7. The third-order valence-electron chi connectivity index (χ3n) is 6.13. The number of ether oxygens (including phenoxy) is 1. The molecule has 0 aliphatic rings. The fraction of sp³-hybridized carbons (Fsp3) is 0.333. The van der Waals surface area contributed by atoms with E-state index in [1.54, 1.807) is 18.2 Å². The molecule has 3 aromatic rings. The molecule has 0 saturated carbocycles. The number of nitrogens with one attached hydrogen (secondary N) is 1. The quantitative estimate of drug-likeness (QED) is 0.313. The number of rotatable bonds is 11. The van der Waals surface area contributed by atoms with Crippen LogP contribution in [-0.2, 0) is 32.6 Å². The van der Waals surface area contributed by atoms with Gasteiger partial charge in [0.2, 0.25) is 21.8 Å². The smallest absolute Gasteiger partial charge is 0.244 e. The summed E-state index contributed by atoms with van der Waals surface area (Å²) in [5.41, 5.74) is 1.15. The molecule has 0 bridgehead atoms. The molecule has 1 atom stereocenters. The Morgan fingerprint density at radius 1 is 0.927 bits per heavy atom. The molecule has 0 aromatic heterocycles. The Hall–Kier alpha value is -3.27. The van der Waals surface area contributed by atoms with E-state index in [1.165, 1.54) is 30.2 Å². The van der Waals surface area contributed by atoms with Crippen LogP contribution in [-0.4, -0.2) is 56.6 Å². The number of methoxy groups -OCH3 is 1. The van der Waals surface area contributed by atoms with Gasteiger partial charge in [0.1, 0.15) is 18.3 Å². The van der Waals surface area contributed by atoms with Crippen LogP contribution in [0.25, 0.3) is 0 Å². The van der Waals surface area contributed by atoms with Gasteiger partial charge in [-0.05, 0) is 62.2 Å². The predicted molar refractivity (Wildman–Crippen MR) is 164 cm³/mol. The molecule has 0 spiro atoms. The molecule has 0 aliphatic carbocycles. The summed E-state index contributed by atoms with van der Waals surface area (Å²) < 4.78 is 32.1. The van der Waals surface area contributed by atoms with Crippen LogP contribution in [0.1, 0.15) is 31.9 Å². The summed E-state index contributed by atoms with van der Waals surface area (Å²) in [6, 6.07) is 19.9. The van der Waals surface area contributed by atoms with Crippen molar-refractivity contribution < 1.29 is 22.7 Å². The van der Waals surface area contributed by atoms with Crippen molar-refractivity contribution in [2.24, 2.45) is 0 Å². The molecule has 0 aliphatic heterocycles. The van der Waals surface area contributed by atoms with E-state index in [4.69, 9.17) is 27.9 Å². The Balaban J connectivity index is 2.10. The summed E-state index contributed by atoms with van der Waals surface area (Å²) in [5.74, 6) is -0.352. The average molecular weight is 621 g/mol. The Morgan fingerprint density at radius 2 is 1.59 bits per heavy atom. The number of amides is 2. The number of nitrogens with zero attached hydrogens (tertiary/aromatic N) is 2. The fourth-order valence-corrected chi connectivity index (χ4v) is 5.36. The summed E-state index contributed by atoms with van der Waals surface area (Å²) >= 11 is 12.2. The van der Waals surface area contributed by atoms with Crippen molar-refractivity contribution in [2.75, 3.05) is 24.2 Å². The summed E-state index contributed by atoms with van der Waals surface area (Å²) in [7, 11) is -2.39. The van der Waals surface area contributed by atoms with Crippen molar-refractivity contribution in [3.63, 3.8) is 0 Å². The van der Waals surface area contributed by atoms with Gasteiger partial charge in [-0.15, -0.1) is 0 Å². The molecule has 2 amide bonds. The summed E-state index contributed by atoms with van der Waals surface area (Å²) in [5, 5.41) is 3.38. The molecular formula is C30H35Cl2N3O5S. The Labute approximate surface area is 252 Å². The highest BCUT2D eigenvalue weighted by molar-refractivity contribution is 7.92. The molecule has 0 heterocycles. The van der Waals surface area contributed by atoms with Gasteiger partial charge in [-0.2, -0.15) is 0 Å². The van der Waals surface area contributed by atoms with Gasteiger partial charge < -0.3 is 15.0 Å². The molecule has 41 heavy (non-hydrogen) atoms. The number of anilines is 1. The van der Waals surface area contributed by atoms with Crippen LogP contribution in [0.5, 0.6) is 5.75 Å². The number of sulfonamides is 1. The molecule has 0 unspecified atom stereocenters. The zero-order valence-corrected chi connectivity index (χ0v) is 26.1. The topological polar surface area (TPSA) is 96.0 Å². The monoisotopic (exact) mass is 619 g/mol. The lowest BCUT2D eigenvalue weighted by molar-refractivity contribution is -0.140. The van der Waals surface area contributed by atoms with E-state index in [0.717, 1.165) is 16.1 Å². The van der Waals surface area contributed by atoms with Gasteiger partial charge in [-0.3, -0.25) is 13.9 Å². The predicted octanol–water partition coefficient (Wildman–Crippen LogP) is 5.32. The van der Waals surface area contributed by atoms with Gasteiger partial charge in [0.05, 0.1) is 29.1 Å². The van der Waals surface area contributed by atoms with Crippen LogP contribution in [0.3, 0.4) is 0 Å². The Morgan fingerprint density at radius 3 is 2.17 bits per heavy atom. The maximum absolute atomic E-state index is 14.1. The molecule has 8 nitrogen and oxygen atoms in total. The van der Waals surface area contributed by atoms with Crippen molar-refractivity contribution in [1.82, 2.24) is 10.2 Å². The van der Waals surface area contributed by atoms with E-state index in [9.17, 15) is 18.0 Å². The molecule has 3 rings (SSSR count). The SMILES string of the molecule is COc1cccc(CN(C(=O)CN(c2ccc(Cl)c(Cl)c2)S(C)(=O)=O)[C@H](Cc2ccccc2)C(=O)NC(C)(C)C)c1. The lowest BCUT2D eigenvalue weighted by Crippen LogP contribution is -2.56. The number of hydrogen-bond donors (Lipinski definition) is 1. The van der Waals surface area contributed by atoms with Gasteiger partial charge in [-0.1, -0.05) is 65.7 Å². The average Bonchev–Trinajstić information content (AvgIpc) is 2.90. The molecule has 11 heteroatoms. The number of carbonyl (C=O) groups excluding carboxylic acids is 2. The van der Waals surface area contributed by atoms with Gasteiger partial charge >= 0.3 is 0 Å². The van der Waals surface area contributed by atoms with E-state index < -0.39 is 34.1 Å². The van der Waals surface area contributed by atoms with Crippen LogP contribution in [0.4, 0.5) is 5.69 Å². The molecule has 0 radical (unpaired) electrons. The molecule has 220 valence electrons. The van der Waals surface area contributed by atoms with E-state index in [-0.39, 0.29) is 34.6 Å². The second-order valence-corrected chi connectivity index (χ2v) is 13.4. The summed E-state index contributed by atoms with van der Waals surface area (Å²) in [6.45, 7) is 5.04. The van der Waals surface area contributed by atoms with Crippen molar-refractivity contribution in [3.05, 3.63) is 94.0 Å². The second kappa shape index (κ2) is 13.6. The highest BCUT2D eigenvalue weighted by atomic mass is 35.5. The summed E-state index contributed by atoms with van der Waals surface area (Å²) in [6.07, 6.45) is 1.22. The minimum absolute atomic E-state index is 0.0318. The first kappa shape index (κ1) is 32.2. The zero-order chi connectivity index (χ0) is 30.4. The van der Waals surface area contributed by atoms with E-state index in [2.05, 4.69) is 5.32 Å². The lowest BCUT2D eigenvalue weighted by atomic mass is 10.0. The first-order valence-electron chi connectivity index (χ1n) is 12.9. The lowest BCUT2D eigenvalue weighted by Gasteiger charge is -2.35. The van der Waals surface area contributed by atoms with Gasteiger partial charge in [0.25, 0.3) is 0 Å². The van der Waals surface area contributed by atoms with Crippen LogP contribution in [0, 0.1) is 0 Å². The number of halogens is 2. The minimum atomic E-state index is -3.93. The third kappa shape index (κ3) is 9.38. The van der Waals surface area contributed by atoms with Crippen molar-refractivity contribution >= 4 is 50.7 Å². The highest BCUT2D eigenvalue weighted by Crippen LogP contribution is 2.29. The first-order valence-corrected chi connectivity index (χ1v) is 15.5. The molecule has 0 saturated heterocycles. The number of carbonyl (C=O) groups is 2. The van der Waals surface area contributed by atoms with E-state index in [0.29, 0.717) is 11.3 Å². The summed E-state index contributed by atoms with van der Waals surface area (Å²) in [4.78, 5) is 29.3. The molecular weight excluding hydrogens is 585 g/mol. The largest absolute Gasteiger partial charge is 0.497 e. The Kier molecular flexibility index (Phi) is 10.7. The second-order valence-electron chi connectivity index (χ2n) is 10.7. The van der Waals surface area contributed by atoms with Crippen LogP contribution in [0.15, 0.2) is 72.8 Å². The van der Waals surface area contributed by atoms with Crippen LogP contribution >= 0.6 is 23.2 Å². The Bertz CT molecular complexity index is 1480. The van der Waals surface area contributed by atoms with E-state index in [1.807, 2.05) is 57.2 Å². The van der Waals surface area contributed by atoms with Crippen molar-refractivity contribution in [1.29, 1.82) is 0 Å². The normalized spacial score (nSPS) is 12.4. The van der Waals surface area contributed by atoms with E-state index >= 15 is 0 Å². The van der Waals surface area contributed by atoms with Crippen molar-refractivity contribution in [2.45, 2.75) is 45.3 Å². The first-order chi connectivity index (χ1) is 19.2. The number of benzene rings is 3. The number of hydrogen-bond acceptors (Lipinski definition) is 5. The maximum atomic E-state index is 14.1.